The molecule has 1 aliphatic rings. The first-order valence-corrected chi connectivity index (χ1v) is 16.2. The number of ether oxygens (including phenoxy) is 5. The summed E-state index contributed by atoms with van der Waals surface area (Å²) in [6.45, 7) is -0.274. The normalized spacial score (nSPS) is 12.5. The fourth-order valence-electron chi connectivity index (χ4n) is 5.04. The second-order valence-electron chi connectivity index (χ2n) is 11.5. The molecule has 52 heavy (non-hydrogen) atoms. The molecule has 0 atom stereocenters. The molecule has 0 fully saturated rings. The Balaban J connectivity index is 1.35. The van der Waals surface area contributed by atoms with Gasteiger partial charge in [-0.3, -0.25) is 9.59 Å². The fraction of sp³-hybridized carbons (Fsp3) is 0.0952. The Kier molecular flexibility index (Phi) is 11.2. The zero-order chi connectivity index (χ0) is 36.3. The number of esters is 2. The molecule has 0 saturated carbocycles. The van der Waals surface area contributed by atoms with Crippen molar-refractivity contribution in [3.8, 4) is 17.2 Å². The number of phenols is 1. The zero-order valence-corrected chi connectivity index (χ0v) is 27.7. The highest BCUT2D eigenvalue weighted by Crippen LogP contribution is 2.40. The maximum Gasteiger partial charge on any atom is 0.342 e. The maximum absolute atomic E-state index is 13.7. The molecule has 1 N–H and O–H groups in total. The van der Waals surface area contributed by atoms with Gasteiger partial charge in [-0.15, -0.1) is 0 Å². The summed E-state index contributed by atoms with van der Waals surface area (Å²) < 4.78 is 28.5. The van der Waals surface area contributed by atoms with Crippen molar-refractivity contribution in [2.24, 2.45) is 0 Å². The van der Waals surface area contributed by atoms with Crippen molar-refractivity contribution in [3.63, 3.8) is 0 Å². The number of carbonyl (C=O) groups is 4. The minimum Gasteiger partial charge on any atom is -0.502 e. The van der Waals surface area contributed by atoms with Crippen LogP contribution in [0.5, 0.6) is 17.2 Å². The summed E-state index contributed by atoms with van der Waals surface area (Å²) in [7, 11) is 0. The largest absolute Gasteiger partial charge is 0.502 e. The van der Waals surface area contributed by atoms with E-state index in [1.807, 2.05) is 30.3 Å². The van der Waals surface area contributed by atoms with E-state index in [1.165, 1.54) is 6.07 Å². The number of rotatable bonds is 14. The van der Waals surface area contributed by atoms with Gasteiger partial charge in [0.15, 0.2) is 23.0 Å². The van der Waals surface area contributed by atoms with Crippen LogP contribution >= 0.6 is 0 Å². The summed E-state index contributed by atoms with van der Waals surface area (Å²) in [6, 6.07) is 38.2. The van der Waals surface area contributed by atoms with Crippen LogP contribution in [-0.2, 0) is 55.0 Å². The summed E-state index contributed by atoms with van der Waals surface area (Å²) >= 11 is 0. The van der Waals surface area contributed by atoms with Crippen LogP contribution in [0.3, 0.4) is 0 Å². The highest BCUT2D eigenvalue weighted by molar-refractivity contribution is 6.50. The Bertz CT molecular complexity index is 2120. The molecule has 0 saturated heterocycles. The third-order valence-electron chi connectivity index (χ3n) is 7.76. The van der Waals surface area contributed by atoms with E-state index >= 15 is 0 Å². The van der Waals surface area contributed by atoms with Crippen molar-refractivity contribution >= 4 is 23.5 Å². The minimum atomic E-state index is -1.24. The molecule has 10 heteroatoms. The van der Waals surface area contributed by atoms with Gasteiger partial charge < -0.3 is 28.8 Å². The number of Topliss-reactive ketones (excluding diaryl/α,β-unsaturated/α-hetero) is 2. The minimum absolute atomic E-state index is 0.00161. The summed E-state index contributed by atoms with van der Waals surface area (Å²) in [5.74, 6) is -6.50. The van der Waals surface area contributed by atoms with Crippen molar-refractivity contribution in [2.75, 3.05) is 0 Å². The third-order valence-corrected chi connectivity index (χ3v) is 7.76. The topological polar surface area (TPSA) is 135 Å². The number of aromatic hydroxyl groups is 1. The predicted octanol–water partition coefficient (Wildman–Crippen LogP) is 6.96. The molecule has 0 spiro atoms. The second-order valence-corrected chi connectivity index (χ2v) is 11.5. The maximum atomic E-state index is 13.7. The van der Waals surface area contributed by atoms with Gasteiger partial charge in [0.25, 0.3) is 11.6 Å². The molecule has 260 valence electrons. The molecule has 0 unspecified atom stereocenters. The molecule has 0 radical (unpaired) electrons. The van der Waals surface area contributed by atoms with Crippen molar-refractivity contribution in [2.45, 2.75) is 26.4 Å². The van der Waals surface area contributed by atoms with E-state index in [0.29, 0.717) is 11.1 Å². The van der Waals surface area contributed by atoms with Crippen LogP contribution in [0.15, 0.2) is 157 Å². The van der Waals surface area contributed by atoms with Crippen LogP contribution < -0.4 is 9.47 Å². The fourth-order valence-corrected chi connectivity index (χ4v) is 5.04. The van der Waals surface area contributed by atoms with Crippen LogP contribution in [0.25, 0.3) is 0 Å². The van der Waals surface area contributed by atoms with Gasteiger partial charge in [-0.05, 0) is 34.4 Å². The van der Waals surface area contributed by atoms with Crippen molar-refractivity contribution in [1.82, 2.24) is 0 Å². The first-order chi connectivity index (χ1) is 25.4. The predicted molar refractivity (Wildman–Crippen MR) is 188 cm³/mol. The first-order valence-electron chi connectivity index (χ1n) is 16.2. The van der Waals surface area contributed by atoms with Crippen LogP contribution in [0.4, 0.5) is 0 Å². The summed E-state index contributed by atoms with van der Waals surface area (Å²) in [4.78, 5) is 53.8. The quantitative estimate of drug-likeness (QED) is 0.0738. The molecule has 6 rings (SSSR count). The van der Waals surface area contributed by atoms with E-state index in [-0.39, 0.29) is 37.7 Å². The van der Waals surface area contributed by atoms with Crippen LogP contribution in [-0.4, -0.2) is 28.6 Å². The lowest BCUT2D eigenvalue weighted by Gasteiger charge is -2.20. The molecule has 0 aliphatic heterocycles. The lowest BCUT2D eigenvalue weighted by Crippen LogP contribution is -2.30. The zero-order valence-electron chi connectivity index (χ0n) is 27.7. The number of hydrogen-bond acceptors (Lipinski definition) is 10. The molecule has 0 amide bonds. The molecule has 0 heterocycles. The highest BCUT2D eigenvalue weighted by atomic mass is 16.5. The average Bonchev–Trinajstić information content (AvgIpc) is 3.19. The third kappa shape index (κ3) is 8.80. The number of phenolic OH excluding ortho intramolecular Hbond substituents is 1. The Hall–Kier alpha value is -6.94. The van der Waals surface area contributed by atoms with Crippen molar-refractivity contribution in [3.05, 3.63) is 184 Å². The van der Waals surface area contributed by atoms with Gasteiger partial charge in [0, 0.05) is 6.08 Å². The molecular weight excluding hydrogens is 664 g/mol. The SMILES string of the molecule is O=C(OCc1ccccc1)C1=C(Oc2cc(C(=O)OCc3ccccc3)cc(OCc3ccccc3)c2O)C(=O)C(=O)C(OCc2ccccc2)=C1. The second kappa shape index (κ2) is 16.6. The van der Waals surface area contributed by atoms with E-state index in [0.717, 1.165) is 23.3 Å². The van der Waals surface area contributed by atoms with Gasteiger partial charge in [-0.1, -0.05) is 121 Å². The van der Waals surface area contributed by atoms with Crippen molar-refractivity contribution < 1.29 is 48.0 Å². The number of carbonyl (C=O) groups excluding carboxylic acids is 4. The van der Waals surface area contributed by atoms with Gasteiger partial charge in [0.05, 0.1) is 5.56 Å². The number of benzene rings is 5. The van der Waals surface area contributed by atoms with E-state index in [9.17, 15) is 24.3 Å². The van der Waals surface area contributed by atoms with E-state index in [4.69, 9.17) is 23.7 Å². The van der Waals surface area contributed by atoms with E-state index in [2.05, 4.69) is 0 Å². The summed E-state index contributed by atoms with van der Waals surface area (Å²) in [5, 5.41) is 11.3. The van der Waals surface area contributed by atoms with Gasteiger partial charge >= 0.3 is 11.9 Å². The standard InChI is InChI=1S/C42H32O10/c43-37-34(48-24-28-13-5-1-6-14-28)21-32(41(46)50-26-30-17-9-3-10-18-30)22-36(37)52-40-33(42(47)51-27-31-19-11-4-12-20-31)23-35(38(44)39(40)45)49-25-29-15-7-2-8-16-29/h1-23,43H,24-27H2. The summed E-state index contributed by atoms with van der Waals surface area (Å²) in [6.07, 6.45) is 1.07. The van der Waals surface area contributed by atoms with Gasteiger partial charge in [-0.2, -0.15) is 0 Å². The van der Waals surface area contributed by atoms with Crippen LogP contribution in [0, 0.1) is 0 Å². The number of hydrogen-bond donors (Lipinski definition) is 1. The lowest BCUT2D eigenvalue weighted by atomic mass is 10.0. The lowest BCUT2D eigenvalue weighted by molar-refractivity contribution is -0.141. The Morgan fingerprint density at radius 3 is 1.48 bits per heavy atom. The van der Waals surface area contributed by atoms with E-state index in [1.54, 1.807) is 91.0 Å². The van der Waals surface area contributed by atoms with Gasteiger partial charge in [0.2, 0.25) is 5.75 Å². The highest BCUT2D eigenvalue weighted by Gasteiger charge is 2.37. The smallest absolute Gasteiger partial charge is 0.342 e. The molecule has 0 aromatic heterocycles. The van der Waals surface area contributed by atoms with Crippen LogP contribution in [0.1, 0.15) is 32.6 Å². The average molecular weight is 697 g/mol. The first kappa shape index (κ1) is 34.9. The van der Waals surface area contributed by atoms with Gasteiger partial charge in [-0.25, -0.2) is 9.59 Å². The van der Waals surface area contributed by atoms with E-state index < -0.39 is 52.1 Å². The van der Waals surface area contributed by atoms with Gasteiger partial charge in [0.1, 0.15) is 32.0 Å². The van der Waals surface area contributed by atoms with Crippen LogP contribution in [0.2, 0.25) is 0 Å². The molecule has 5 aromatic rings. The Labute approximate surface area is 299 Å². The molecule has 0 bridgehead atoms. The Morgan fingerprint density at radius 2 is 0.962 bits per heavy atom. The van der Waals surface area contributed by atoms with Crippen molar-refractivity contribution in [1.29, 1.82) is 0 Å². The molecule has 1 aliphatic carbocycles. The monoisotopic (exact) mass is 696 g/mol. The molecule has 5 aromatic carbocycles. The molecular formula is C42H32O10. The summed E-state index contributed by atoms with van der Waals surface area (Å²) in [5.41, 5.74) is 2.34. The number of allylic oxidation sites excluding steroid dienone is 2. The molecule has 10 nitrogen and oxygen atoms in total. The Morgan fingerprint density at radius 1 is 0.519 bits per heavy atom. The number of ketones is 2.